The lowest BCUT2D eigenvalue weighted by atomic mass is 10.2. The van der Waals surface area contributed by atoms with Crippen molar-refractivity contribution in [3.63, 3.8) is 0 Å². The van der Waals surface area contributed by atoms with Crippen LogP contribution >= 0.6 is 11.5 Å². The maximum Gasteiger partial charge on any atom is 0.0666 e. The highest BCUT2D eigenvalue weighted by Crippen LogP contribution is 2.11. The minimum atomic E-state index is 0.621. The second-order valence-corrected chi connectivity index (χ2v) is 4.28. The Bertz CT molecular complexity index is 249. The zero-order chi connectivity index (χ0) is 9.10. The van der Waals surface area contributed by atoms with E-state index >= 15 is 0 Å². The van der Waals surface area contributed by atoms with Crippen LogP contribution in [-0.2, 0) is 6.54 Å². The predicted octanol–water partition coefficient (Wildman–Crippen LogP) is 0.332. The van der Waals surface area contributed by atoms with Gasteiger partial charge in [-0.2, -0.15) is 0 Å². The van der Waals surface area contributed by atoms with Crippen molar-refractivity contribution in [1.29, 1.82) is 0 Å². The Balaban J connectivity index is 1.93. The lowest BCUT2D eigenvalue weighted by molar-refractivity contribution is 0.167. The second kappa shape index (κ2) is 4.13. The Hall–Kier alpha value is -0.520. The fraction of sp³-hybridized carbons (Fsp3) is 0.750. The van der Waals surface area contributed by atoms with Gasteiger partial charge in [0.2, 0.25) is 0 Å². The van der Waals surface area contributed by atoms with Gasteiger partial charge in [-0.25, -0.2) is 0 Å². The Kier molecular flexibility index (Phi) is 2.87. The van der Waals surface area contributed by atoms with Crippen LogP contribution in [0.1, 0.15) is 11.8 Å². The van der Waals surface area contributed by atoms with Gasteiger partial charge < -0.3 is 5.32 Å². The molecule has 0 aliphatic carbocycles. The zero-order valence-corrected chi connectivity index (χ0v) is 8.55. The third kappa shape index (κ3) is 2.24. The van der Waals surface area contributed by atoms with Crippen molar-refractivity contribution in [3.8, 4) is 0 Å². The molecular formula is C8H14N4S. The minimum Gasteiger partial charge on any atom is -0.314 e. The molecule has 0 saturated carbocycles. The van der Waals surface area contributed by atoms with Crippen molar-refractivity contribution >= 4 is 11.5 Å². The molecule has 72 valence electrons. The highest BCUT2D eigenvalue weighted by molar-refractivity contribution is 7.05. The lowest BCUT2D eigenvalue weighted by Crippen LogP contribution is -2.49. The molecule has 0 radical (unpaired) electrons. The SMILES string of the molecule is C[C@@H]1CNCCN1Cc1cnns1. The summed E-state index contributed by atoms with van der Waals surface area (Å²) in [6.45, 7) is 6.56. The Labute approximate surface area is 82.1 Å². The molecule has 1 saturated heterocycles. The van der Waals surface area contributed by atoms with Crippen molar-refractivity contribution in [2.45, 2.75) is 19.5 Å². The highest BCUT2D eigenvalue weighted by Gasteiger charge is 2.18. The van der Waals surface area contributed by atoms with E-state index in [0.717, 1.165) is 26.2 Å². The van der Waals surface area contributed by atoms with Gasteiger partial charge in [-0.3, -0.25) is 4.90 Å². The molecular weight excluding hydrogens is 184 g/mol. The van der Waals surface area contributed by atoms with Gasteiger partial charge in [0.1, 0.15) is 0 Å². The average Bonchev–Trinajstić information content (AvgIpc) is 2.61. The van der Waals surface area contributed by atoms with E-state index in [-0.39, 0.29) is 0 Å². The van der Waals surface area contributed by atoms with Crippen LogP contribution in [0.25, 0.3) is 0 Å². The summed E-state index contributed by atoms with van der Waals surface area (Å²) in [5.41, 5.74) is 0. The van der Waals surface area contributed by atoms with E-state index in [1.54, 1.807) is 0 Å². The van der Waals surface area contributed by atoms with E-state index in [4.69, 9.17) is 0 Å². The molecule has 1 atom stereocenters. The maximum absolute atomic E-state index is 3.86. The number of piperazine rings is 1. The zero-order valence-electron chi connectivity index (χ0n) is 7.73. The minimum absolute atomic E-state index is 0.621. The van der Waals surface area contributed by atoms with Gasteiger partial charge in [-0.05, 0) is 18.5 Å². The number of nitrogens with zero attached hydrogens (tertiary/aromatic N) is 3. The molecule has 0 unspecified atom stereocenters. The molecule has 1 aliphatic rings. The van der Waals surface area contributed by atoms with Crippen molar-refractivity contribution in [2.24, 2.45) is 0 Å². The molecule has 0 spiro atoms. The van der Waals surface area contributed by atoms with Gasteiger partial charge in [0.15, 0.2) is 0 Å². The Morgan fingerprint density at radius 2 is 2.69 bits per heavy atom. The van der Waals surface area contributed by atoms with Crippen LogP contribution in [0.5, 0.6) is 0 Å². The van der Waals surface area contributed by atoms with E-state index in [9.17, 15) is 0 Å². The summed E-state index contributed by atoms with van der Waals surface area (Å²) < 4.78 is 3.86. The summed E-state index contributed by atoms with van der Waals surface area (Å²) in [5, 5.41) is 7.21. The number of rotatable bonds is 2. The van der Waals surface area contributed by atoms with Gasteiger partial charge in [-0.15, -0.1) is 5.10 Å². The van der Waals surface area contributed by atoms with Gasteiger partial charge >= 0.3 is 0 Å². The standard InChI is InChI=1S/C8H14N4S/c1-7-4-9-2-3-12(7)6-8-5-10-11-13-8/h5,7,9H,2-4,6H2,1H3/t7-/m1/s1. The molecule has 1 aromatic heterocycles. The summed E-state index contributed by atoms with van der Waals surface area (Å²) in [4.78, 5) is 3.72. The third-order valence-electron chi connectivity index (χ3n) is 2.40. The lowest BCUT2D eigenvalue weighted by Gasteiger charge is -2.33. The van der Waals surface area contributed by atoms with Crippen molar-refractivity contribution < 1.29 is 0 Å². The van der Waals surface area contributed by atoms with Crippen LogP contribution in [0, 0.1) is 0 Å². The third-order valence-corrected chi connectivity index (χ3v) is 3.05. The van der Waals surface area contributed by atoms with E-state index in [2.05, 4.69) is 26.7 Å². The average molecular weight is 198 g/mol. The quantitative estimate of drug-likeness (QED) is 0.743. The molecule has 2 heterocycles. The van der Waals surface area contributed by atoms with Gasteiger partial charge in [-0.1, -0.05) is 4.49 Å². The van der Waals surface area contributed by atoms with Gasteiger partial charge in [0.25, 0.3) is 0 Å². The van der Waals surface area contributed by atoms with Crippen LogP contribution in [0.4, 0.5) is 0 Å². The molecule has 4 nitrogen and oxygen atoms in total. The van der Waals surface area contributed by atoms with E-state index in [1.165, 1.54) is 16.4 Å². The predicted molar refractivity (Wildman–Crippen MR) is 52.7 cm³/mol. The number of hydrogen-bond donors (Lipinski definition) is 1. The van der Waals surface area contributed by atoms with Crippen LogP contribution < -0.4 is 5.32 Å². The fourth-order valence-electron chi connectivity index (χ4n) is 1.58. The topological polar surface area (TPSA) is 41.0 Å². The van der Waals surface area contributed by atoms with Crippen LogP contribution in [0.15, 0.2) is 6.20 Å². The monoisotopic (exact) mass is 198 g/mol. The summed E-state index contributed by atoms with van der Waals surface area (Å²) in [6.07, 6.45) is 1.86. The molecule has 0 amide bonds. The number of aromatic nitrogens is 2. The van der Waals surface area contributed by atoms with E-state index < -0.39 is 0 Å². The van der Waals surface area contributed by atoms with Crippen molar-refractivity contribution in [3.05, 3.63) is 11.1 Å². The molecule has 1 aromatic rings. The van der Waals surface area contributed by atoms with Gasteiger partial charge in [0, 0.05) is 32.2 Å². The number of nitrogens with one attached hydrogen (secondary N) is 1. The molecule has 1 N–H and O–H groups in total. The molecule has 0 aromatic carbocycles. The van der Waals surface area contributed by atoms with Crippen molar-refractivity contribution in [2.75, 3.05) is 19.6 Å². The summed E-state index contributed by atoms with van der Waals surface area (Å²) >= 11 is 1.50. The first-order valence-electron chi connectivity index (χ1n) is 4.57. The maximum atomic E-state index is 3.86. The fourth-order valence-corrected chi connectivity index (χ4v) is 2.09. The smallest absolute Gasteiger partial charge is 0.0666 e. The normalized spacial score (nSPS) is 24.8. The first-order valence-corrected chi connectivity index (χ1v) is 5.34. The molecule has 1 fully saturated rings. The Morgan fingerprint density at radius 1 is 1.77 bits per heavy atom. The molecule has 5 heteroatoms. The molecule has 1 aliphatic heterocycles. The largest absolute Gasteiger partial charge is 0.314 e. The molecule has 2 rings (SSSR count). The van der Waals surface area contributed by atoms with E-state index in [0.29, 0.717) is 6.04 Å². The molecule has 13 heavy (non-hydrogen) atoms. The van der Waals surface area contributed by atoms with Crippen LogP contribution in [0.2, 0.25) is 0 Å². The molecule has 0 bridgehead atoms. The Morgan fingerprint density at radius 3 is 3.38 bits per heavy atom. The summed E-state index contributed by atoms with van der Waals surface area (Å²) in [7, 11) is 0. The van der Waals surface area contributed by atoms with Crippen molar-refractivity contribution in [1.82, 2.24) is 19.8 Å². The highest BCUT2D eigenvalue weighted by atomic mass is 32.1. The first kappa shape index (κ1) is 9.05. The van der Waals surface area contributed by atoms with Crippen LogP contribution in [0.3, 0.4) is 0 Å². The first-order chi connectivity index (χ1) is 6.36. The second-order valence-electron chi connectivity index (χ2n) is 3.41. The summed E-state index contributed by atoms with van der Waals surface area (Å²) in [5.74, 6) is 0. The number of hydrogen-bond acceptors (Lipinski definition) is 5. The van der Waals surface area contributed by atoms with E-state index in [1.807, 2.05) is 6.20 Å². The van der Waals surface area contributed by atoms with Crippen LogP contribution in [-0.4, -0.2) is 40.2 Å². The van der Waals surface area contributed by atoms with Gasteiger partial charge in [0.05, 0.1) is 11.1 Å². The summed E-state index contributed by atoms with van der Waals surface area (Å²) in [6, 6.07) is 0.621.